The van der Waals surface area contributed by atoms with Gasteiger partial charge in [0.25, 0.3) is 0 Å². The normalized spacial score (nSPS) is 20.0. The number of carbonyl (C=O) groups excluding carboxylic acids is 1. The molecule has 1 atom stereocenters. The maximum Gasteiger partial charge on any atom is 0.224 e. The van der Waals surface area contributed by atoms with Crippen molar-refractivity contribution in [2.24, 2.45) is 5.92 Å². The molecule has 0 N–H and O–H groups in total. The Bertz CT molecular complexity index is 1090. The molecule has 5 rings (SSSR count). The van der Waals surface area contributed by atoms with Gasteiger partial charge in [-0.1, -0.05) is 26.0 Å². The van der Waals surface area contributed by atoms with Gasteiger partial charge in [-0.05, 0) is 42.5 Å². The van der Waals surface area contributed by atoms with Crippen molar-refractivity contribution in [3.63, 3.8) is 0 Å². The van der Waals surface area contributed by atoms with E-state index in [4.69, 9.17) is 0 Å². The van der Waals surface area contributed by atoms with Gasteiger partial charge in [0.2, 0.25) is 11.6 Å². The molecular weight excluding hydrogens is 395 g/mol. The Morgan fingerprint density at radius 3 is 2.68 bits per heavy atom. The van der Waals surface area contributed by atoms with E-state index in [1.54, 1.807) is 23.0 Å². The van der Waals surface area contributed by atoms with Crippen molar-refractivity contribution in [3.8, 4) is 0 Å². The van der Waals surface area contributed by atoms with Crippen LogP contribution in [0.2, 0.25) is 0 Å². The van der Waals surface area contributed by atoms with Crippen LogP contribution in [0.3, 0.4) is 0 Å². The van der Waals surface area contributed by atoms with E-state index in [1.807, 2.05) is 4.90 Å². The summed E-state index contributed by atoms with van der Waals surface area (Å²) >= 11 is 0. The van der Waals surface area contributed by atoms with Gasteiger partial charge in [-0.3, -0.25) is 4.79 Å². The first-order valence-electron chi connectivity index (χ1n) is 11.0. The second kappa shape index (κ2) is 7.90. The first-order valence-corrected chi connectivity index (χ1v) is 11.0. The quantitative estimate of drug-likeness (QED) is 0.630. The second-order valence-corrected chi connectivity index (χ2v) is 8.98. The highest BCUT2D eigenvalue weighted by Crippen LogP contribution is 2.40. The Kier molecular flexibility index (Phi) is 5.08. The lowest BCUT2D eigenvalue weighted by Gasteiger charge is -2.35. The van der Waals surface area contributed by atoms with Crippen molar-refractivity contribution >= 4 is 17.2 Å². The van der Waals surface area contributed by atoms with Crippen LogP contribution in [-0.4, -0.2) is 49.7 Å². The number of fused-ring (bicyclic) bond motifs is 1. The molecule has 1 amide bonds. The summed E-state index contributed by atoms with van der Waals surface area (Å²) in [6.45, 7) is 6.11. The Hall–Kier alpha value is -3.03. The number of carbonyl (C=O) groups is 1. The zero-order valence-corrected chi connectivity index (χ0v) is 17.9. The van der Waals surface area contributed by atoms with Gasteiger partial charge in [-0.25, -0.2) is 4.39 Å². The van der Waals surface area contributed by atoms with E-state index in [1.165, 1.54) is 25.0 Å². The van der Waals surface area contributed by atoms with Gasteiger partial charge in [0.15, 0.2) is 0 Å². The predicted molar refractivity (Wildman–Crippen MR) is 115 cm³/mol. The highest BCUT2D eigenvalue weighted by Gasteiger charge is 2.34. The van der Waals surface area contributed by atoms with Crippen LogP contribution in [0.25, 0.3) is 5.65 Å². The number of hydrogen-bond donors (Lipinski definition) is 0. The maximum absolute atomic E-state index is 13.3. The van der Waals surface area contributed by atoms with E-state index in [0.717, 1.165) is 22.6 Å². The molecule has 2 fully saturated rings. The van der Waals surface area contributed by atoms with E-state index in [0.29, 0.717) is 32.0 Å². The van der Waals surface area contributed by atoms with Gasteiger partial charge >= 0.3 is 0 Å². The van der Waals surface area contributed by atoms with Gasteiger partial charge < -0.3 is 9.80 Å². The third kappa shape index (κ3) is 3.98. The highest BCUT2D eigenvalue weighted by atomic mass is 19.1. The van der Waals surface area contributed by atoms with Gasteiger partial charge in [0.1, 0.15) is 12.1 Å². The number of benzene rings is 1. The summed E-state index contributed by atoms with van der Waals surface area (Å²) in [7, 11) is 0. The monoisotopic (exact) mass is 422 g/mol. The van der Waals surface area contributed by atoms with Crippen LogP contribution in [-0.2, 0) is 11.3 Å². The summed E-state index contributed by atoms with van der Waals surface area (Å²) in [5.74, 6) is 0.636. The lowest BCUT2D eigenvalue weighted by Crippen LogP contribution is -2.46. The summed E-state index contributed by atoms with van der Waals surface area (Å²) < 4.78 is 15.1. The molecule has 1 unspecified atom stereocenters. The number of aromatic nitrogens is 4. The van der Waals surface area contributed by atoms with E-state index < -0.39 is 0 Å². The zero-order valence-electron chi connectivity index (χ0n) is 17.9. The molecule has 3 heterocycles. The molecule has 1 saturated carbocycles. The number of amides is 1. The third-order valence-corrected chi connectivity index (χ3v) is 6.36. The largest absolute Gasteiger partial charge is 0.366 e. The van der Waals surface area contributed by atoms with Crippen LogP contribution >= 0.6 is 0 Å². The average molecular weight is 423 g/mol. The molecule has 8 heteroatoms. The van der Waals surface area contributed by atoms with Crippen molar-refractivity contribution in [3.05, 3.63) is 53.7 Å². The Morgan fingerprint density at radius 2 is 1.97 bits per heavy atom. The van der Waals surface area contributed by atoms with Crippen LogP contribution in [0, 0.1) is 11.7 Å². The number of anilines is 1. The molecule has 31 heavy (non-hydrogen) atoms. The molecule has 162 valence electrons. The molecule has 0 radical (unpaired) electrons. The van der Waals surface area contributed by atoms with Gasteiger partial charge in [0, 0.05) is 32.0 Å². The maximum atomic E-state index is 13.3. The van der Waals surface area contributed by atoms with Crippen LogP contribution in [0.5, 0.6) is 0 Å². The van der Waals surface area contributed by atoms with Gasteiger partial charge in [-0.2, -0.15) is 9.61 Å². The lowest BCUT2D eigenvalue weighted by molar-refractivity contribution is -0.134. The van der Waals surface area contributed by atoms with Crippen LogP contribution in [0.15, 0.2) is 36.7 Å². The fraction of sp³-hybridized carbons (Fsp3) is 0.478. The molecule has 2 aromatic heterocycles. The molecule has 3 aromatic rings. The number of nitrogens with zero attached hydrogens (tertiary/aromatic N) is 6. The second-order valence-electron chi connectivity index (χ2n) is 8.98. The third-order valence-electron chi connectivity index (χ3n) is 6.36. The lowest BCUT2D eigenvalue weighted by atomic mass is 10.0. The van der Waals surface area contributed by atoms with Crippen LogP contribution in [0.4, 0.5) is 10.1 Å². The summed E-state index contributed by atoms with van der Waals surface area (Å²) in [5, 5.41) is 13.0. The van der Waals surface area contributed by atoms with Gasteiger partial charge in [-0.15, -0.1) is 10.2 Å². The predicted octanol–water partition coefficient (Wildman–Crippen LogP) is 3.40. The van der Waals surface area contributed by atoms with E-state index in [2.05, 4.69) is 40.1 Å². The molecule has 7 nitrogen and oxygen atoms in total. The topological polar surface area (TPSA) is 66.6 Å². The van der Waals surface area contributed by atoms with Crippen molar-refractivity contribution in [2.45, 2.75) is 51.6 Å². The minimum atomic E-state index is -0.265. The molecule has 0 spiro atoms. The summed E-state index contributed by atoms with van der Waals surface area (Å²) in [4.78, 5) is 17.4. The van der Waals surface area contributed by atoms with Gasteiger partial charge in [0.05, 0.1) is 17.4 Å². The molecule has 1 aliphatic carbocycles. The van der Waals surface area contributed by atoms with Crippen LogP contribution in [0.1, 0.15) is 50.3 Å². The molecule has 2 aliphatic rings. The van der Waals surface area contributed by atoms with E-state index >= 15 is 0 Å². The first kappa shape index (κ1) is 19.9. The van der Waals surface area contributed by atoms with E-state index in [9.17, 15) is 9.18 Å². The molecule has 0 bridgehead atoms. The Labute approximate surface area is 180 Å². The average Bonchev–Trinajstić information content (AvgIpc) is 3.52. The Balaban J connectivity index is 1.47. The Morgan fingerprint density at radius 1 is 1.19 bits per heavy atom. The number of rotatable bonds is 5. The van der Waals surface area contributed by atoms with Crippen molar-refractivity contribution in [1.82, 2.24) is 24.7 Å². The summed E-state index contributed by atoms with van der Waals surface area (Å²) in [6.07, 6.45) is 4.40. The molecule has 1 aromatic carbocycles. The van der Waals surface area contributed by atoms with Crippen molar-refractivity contribution in [2.75, 3.05) is 18.0 Å². The molecule has 1 saturated heterocycles. The zero-order chi connectivity index (χ0) is 21.5. The SMILES string of the molecule is CC(C)C1CN(c2cc(C3CC3)nn3cnnc23)CCC(=O)N1Cc1ccc(F)cc1. The minimum absolute atomic E-state index is 0.0283. The smallest absolute Gasteiger partial charge is 0.224 e. The summed E-state index contributed by atoms with van der Waals surface area (Å²) in [6, 6.07) is 8.58. The highest BCUT2D eigenvalue weighted by molar-refractivity contribution is 5.79. The first-order chi connectivity index (χ1) is 15.0. The summed E-state index contributed by atoms with van der Waals surface area (Å²) in [5.41, 5.74) is 3.73. The number of halogens is 1. The van der Waals surface area contributed by atoms with E-state index in [-0.39, 0.29) is 23.7 Å². The van der Waals surface area contributed by atoms with Crippen molar-refractivity contribution in [1.29, 1.82) is 0 Å². The van der Waals surface area contributed by atoms with Crippen LogP contribution < -0.4 is 4.90 Å². The molecule has 1 aliphatic heterocycles. The minimum Gasteiger partial charge on any atom is -0.366 e. The fourth-order valence-electron chi connectivity index (χ4n) is 4.40. The fourth-order valence-corrected chi connectivity index (χ4v) is 4.40. The molecular formula is C23H27FN6O. The number of hydrogen-bond acceptors (Lipinski definition) is 5. The standard InChI is InChI=1S/C23H27FN6O/c1-15(2)21-13-28(10-9-22(31)29(21)12-16-3-7-18(24)8-4-16)20-11-19(17-5-6-17)27-30-14-25-26-23(20)30/h3-4,7-8,11,14-15,17,21H,5-6,9-10,12-13H2,1-2H3. The van der Waals surface area contributed by atoms with Crippen molar-refractivity contribution < 1.29 is 9.18 Å².